The lowest BCUT2D eigenvalue weighted by atomic mass is 10.3. The van der Waals surface area contributed by atoms with Gasteiger partial charge >= 0.3 is 5.97 Å². The maximum absolute atomic E-state index is 11.7. The number of aromatic hydroxyl groups is 1. The quantitative estimate of drug-likeness (QED) is 0.594. The van der Waals surface area contributed by atoms with Crippen molar-refractivity contribution in [3.8, 4) is 11.5 Å². The molecule has 1 aromatic heterocycles. The van der Waals surface area contributed by atoms with Crippen molar-refractivity contribution in [2.24, 2.45) is 7.05 Å². The first-order chi connectivity index (χ1) is 8.08. The number of benzene rings is 1. The first-order valence-electron chi connectivity index (χ1n) is 4.86. The molecular weight excluding hydrogens is 222 g/mol. The van der Waals surface area contributed by atoms with Gasteiger partial charge in [0, 0.05) is 7.05 Å². The summed E-state index contributed by atoms with van der Waals surface area (Å²) < 4.78 is 6.45. The first kappa shape index (κ1) is 11.0. The van der Waals surface area contributed by atoms with Crippen LogP contribution >= 0.6 is 0 Å². The number of nitrogen functional groups attached to an aromatic ring is 1. The molecule has 1 heterocycles. The van der Waals surface area contributed by atoms with Crippen LogP contribution in [0.2, 0.25) is 0 Å². The lowest BCUT2D eigenvalue weighted by Crippen LogP contribution is -2.10. The minimum Gasteiger partial charge on any atom is -0.508 e. The zero-order valence-corrected chi connectivity index (χ0v) is 9.12. The Balaban J connectivity index is 2.17. The Morgan fingerprint density at radius 2 is 2.06 bits per heavy atom. The molecule has 0 aliphatic carbocycles. The molecule has 2 aromatic rings. The maximum atomic E-state index is 11.7. The molecule has 0 spiro atoms. The van der Waals surface area contributed by atoms with Crippen LogP contribution in [0.1, 0.15) is 10.4 Å². The van der Waals surface area contributed by atoms with Gasteiger partial charge in [0.1, 0.15) is 22.9 Å². The molecule has 0 saturated heterocycles. The molecule has 0 aliphatic heterocycles. The third kappa shape index (κ3) is 2.20. The highest BCUT2D eigenvalue weighted by atomic mass is 16.5. The van der Waals surface area contributed by atoms with Gasteiger partial charge in [-0.3, -0.25) is 4.68 Å². The molecule has 2 rings (SSSR count). The van der Waals surface area contributed by atoms with E-state index in [1.165, 1.54) is 35.1 Å². The molecule has 6 nitrogen and oxygen atoms in total. The van der Waals surface area contributed by atoms with Gasteiger partial charge in [-0.15, -0.1) is 0 Å². The molecule has 0 bridgehead atoms. The Bertz CT molecular complexity index is 546. The summed E-state index contributed by atoms with van der Waals surface area (Å²) in [5, 5.41) is 12.9. The third-order valence-electron chi connectivity index (χ3n) is 2.25. The Morgan fingerprint density at radius 1 is 1.41 bits per heavy atom. The summed E-state index contributed by atoms with van der Waals surface area (Å²) in [5.74, 6) is 0.0943. The fourth-order valence-electron chi connectivity index (χ4n) is 1.28. The molecule has 0 saturated carbocycles. The minimum absolute atomic E-state index is 0.102. The number of nitrogens with two attached hydrogens (primary N) is 1. The van der Waals surface area contributed by atoms with Crippen LogP contribution in [0.15, 0.2) is 30.5 Å². The van der Waals surface area contributed by atoms with Gasteiger partial charge in [0.15, 0.2) is 0 Å². The normalized spacial score (nSPS) is 10.2. The van der Waals surface area contributed by atoms with Crippen molar-refractivity contribution in [2.75, 3.05) is 5.73 Å². The average Bonchev–Trinajstić information content (AvgIpc) is 2.63. The van der Waals surface area contributed by atoms with Crippen LogP contribution in [0.25, 0.3) is 0 Å². The summed E-state index contributed by atoms with van der Waals surface area (Å²) in [7, 11) is 1.63. The van der Waals surface area contributed by atoms with Crippen LogP contribution < -0.4 is 10.5 Å². The van der Waals surface area contributed by atoms with Crippen molar-refractivity contribution in [3.05, 3.63) is 36.0 Å². The van der Waals surface area contributed by atoms with E-state index >= 15 is 0 Å². The van der Waals surface area contributed by atoms with Gasteiger partial charge in [0.25, 0.3) is 0 Å². The number of hydrogen-bond acceptors (Lipinski definition) is 5. The molecule has 3 N–H and O–H groups in total. The Kier molecular flexibility index (Phi) is 2.70. The van der Waals surface area contributed by atoms with Crippen LogP contribution in [0, 0.1) is 0 Å². The van der Waals surface area contributed by atoms with Crippen LogP contribution in [-0.4, -0.2) is 20.9 Å². The number of phenolic OH excluding ortho intramolecular Hbond substituents is 1. The van der Waals surface area contributed by atoms with Crippen molar-refractivity contribution in [3.63, 3.8) is 0 Å². The van der Waals surface area contributed by atoms with E-state index in [0.717, 1.165) is 0 Å². The van der Waals surface area contributed by atoms with Crippen LogP contribution in [0.4, 0.5) is 5.82 Å². The fourth-order valence-corrected chi connectivity index (χ4v) is 1.28. The van der Waals surface area contributed by atoms with E-state index in [1.54, 1.807) is 7.05 Å². The van der Waals surface area contributed by atoms with Gasteiger partial charge in [-0.2, -0.15) is 5.10 Å². The number of aryl methyl sites for hydroxylation is 1. The monoisotopic (exact) mass is 233 g/mol. The minimum atomic E-state index is -0.582. The van der Waals surface area contributed by atoms with Crippen molar-refractivity contribution in [1.29, 1.82) is 0 Å². The van der Waals surface area contributed by atoms with Crippen molar-refractivity contribution in [2.45, 2.75) is 0 Å². The van der Waals surface area contributed by atoms with E-state index in [0.29, 0.717) is 5.75 Å². The average molecular weight is 233 g/mol. The number of nitrogens with zero attached hydrogens (tertiary/aromatic N) is 2. The van der Waals surface area contributed by atoms with Crippen molar-refractivity contribution in [1.82, 2.24) is 9.78 Å². The molecule has 0 atom stereocenters. The Hall–Kier alpha value is -2.50. The highest BCUT2D eigenvalue weighted by molar-refractivity contribution is 5.95. The second-order valence-electron chi connectivity index (χ2n) is 3.45. The van der Waals surface area contributed by atoms with Crippen LogP contribution in [0.5, 0.6) is 11.5 Å². The van der Waals surface area contributed by atoms with Gasteiger partial charge in [-0.05, 0) is 24.3 Å². The van der Waals surface area contributed by atoms with Gasteiger partial charge in [-0.25, -0.2) is 4.79 Å². The lowest BCUT2D eigenvalue weighted by molar-refractivity contribution is 0.0735. The van der Waals surface area contributed by atoms with E-state index < -0.39 is 5.97 Å². The maximum Gasteiger partial charge on any atom is 0.348 e. The second-order valence-corrected chi connectivity index (χ2v) is 3.45. The summed E-state index contributed by atoms with van der Waals surface area (Å²) in [6, 6.07) is 5.82. The van der Waals surface area contributed by atoms with E-state index in [9.17, 15) is 4.79 Å². The number of aromatic nitrogens is 2. The summed E-state index contributed by atoms with van der Waals surface area (Å²) >= 11 is 0. The smallest absolute Gasteiger partial charge is 0.348 e. The number of esters is 1. The topological polar surface area (TPSA) is 90.4 Å². The van der Waals surface area contributed by atoms with Crippen molar-refractivity contribution < 1.29 is 14.6 Å². The summed E-state index contributed by atoms with van der Waals surface area (Å²) in [5.41, 5.74) is 5.85. The molecule has 0 aliphatic rings. The molecule has 17 heavy (non-hydrogen) atoms. The second kappa shape index (κ2) is 4.17. The summed E-state index contributed by atoms with van der Waals surface area (Å²) in [6.07, 6.45) is 1.35. The molecule has 1 aromatic carbocycles. The largest absolute Gasteiger partial charge is 0.508 e. The van der Waals surface area contributed by atoms with E-state index in [2.05, 4.69) is 5.10 Å². The number of hydrogen-bond donors (Lipinski definition) is 2. The zero-order chi connectivity index (χ0) is 12.4. The van der Waals surface area contributed by atoms with Crippen LogP contribution in [-0.2, 0) is 7.05 Å². The van der Waals surface area contributed by atoms with E-state index in [4.69, 9.17) is 15.6 Å². The van der Waals surface area contributed by atoms with Gasteiger partial charge in [0.2, 0.25) is 0 Å². The molecule has 0 radical (unpaired) electrons. The lowest BCUT2D eigenvalue weighted by Gasteiger charge is -2.03. The van der Waals surface area contributed by atoms with E-state index in [1.807, 2.05) is 0 Å². The molecule has 88 valence electrons. The number of anilines is 1. The fraction of sp³-hybridized carbons (Fsp3) is 0.0909. The number of carbonyl (C=O) groups is 1. The first-order valence-corrected chi connectivity index (χ1v) is 4.86. The summed E-state index contributed by atoms with van der Waals surface area (Å²) in [6.45, 7) is 0. The SMILES string of the molecule is Cn1ncc(C(=O)Oc2ccc(O)cc2)c1N. The predicted octanol–water partition coefficient (Wildman–Crippen LogP) is 0.927. The predicted molar refractivity (Wildman–Crippen MR) is 60.7 cm³/mol. The molecule has 0 fully saturated rings. The number of phenols is 1. The van der Waals surface area contributed by atoms with Gasteiger partial charge in [-0.1, -0.05) is 0 Å². The summed E-state index contributed by atoms with van der Waals surface area (Å²) in [4.78, 5) is 11.7. The molecule has 6 heteroatoms. The van der Waals surface area contributed by atoms with Gasteiger partial charge in [0.05, 0.1) is 6.20 Å². The third-order valence-corrected chi connectivity index (χ3v) is 2.25. The molecule has 0 unspecified atom stereocenters. The number of ether oxygens (including phenoxy) is 1. The highest BCUT2D eigenvalue weighted by Crippen LogP contribution is 2.18. The van der Waals surface area contributed by atoms with Crippen LogP contribution in [0.3, 0.4) is 0 Å². The zero-order valence-electron chi connectivity index (χ0n) is 9.12. The Morgan fingerprint density at radius 3 is 2.59 bits per heavy atom. The highest BCUT2D eigenvalue weighted by Gasteiger charge is 2.15. The molecule has 0 amide bonds. The van der Waals surface area contributed by atoms with E-state index in [-0.39, 0.29) is 17.1 Å². The molecular formula is C11H11N3O3. The number of carbonyl (C=O) groups excluding carboxylic acids is 1. The number of rotatable bonds is 2. The van der Waals surface area contributed by atoms with Gasteiger partial charge < -0.3 is 15.6 Å². The Labute approximate surface area is 97.2 Å². The standard InChI is InChI=1S/C11H11N3O3/c1-14-10(12)9(6-13-14)11(16)17-8-4-2-7(15)3-5-8/h2-6,15H,12H2,1H3. The van der Waals surface area contributed by atoms with Crippen molar-refractivity contribution >= 4 is 11.8 Å².